The summed E-state index contributed by atoms with van der Waals surface area (Å²) in [5.74, 6) is -1.38. The molecule has 0 spiro atoms. The molecule has 164 valence electrons. The number of nitrogens with two attached hydrogens (primary N) is 3. The number of primary amides is 1. The quantitative estimate of drug-likeness (QED) is 0.398. The molecule has 0 saturated heterocycles. The van der Waals surface area contributed by atoms with Crippen LogP contribution in [0.4, 0.5) is 5.69 Å². The maximum atomic E-state index is 12.4. The fraction of sp³-hybridized carbons (Fsp3) is 0.273. The molecule has 3 rings (SSSR count). The van der Waals surface area contributed by atoms with Crippen LogP contribution in [0.15, 0.2) is 47.4 Å². The van der Waals surface area contributed by atoms with E-state index in [0.717, 1.165) is 32.1 Å². The normalized spacial score (nSPS) is 15.1. The summed E-state index contributed by atoms with van der Waals surface area (Å²) in [5, 5.41) is 8.30. The second-order valence-electron chi connectivity index (χ2n) is 7.58. The van der Waals surface area contributed by atoms with Gasteiger partial charge < -0.3 is 16.8 Å². The van der Waals surface area contributed by atoms with Crippen LogP contribution in [0, 0.1) is 0 Å². The number of nitrogen functional groups attached to an aromatic ring is 1. The smallest absolute Gasteiger partial charge is 0.252 e. The highest BCUT2D eigenvalue weighted by Crippen LogP contribution is 2.35. The zero-order valence-corrected chi connectivity index (χ0v) is 17.8. The van der Waals surface area contributed by atoms with Gasteiger partial charge in [0.2, 0.25) is 15.9 Å². The van der Waals surface area contributed by atoms with Gasteiger partial charge >= 0.3 is 0 Å². The molecule has 0 heterocycles. The molecule has 2 amide bonds. The first-order valence-electron chi connectivity index (χ1n) is 10.0. The first-order chi connectivity index (χ1) is 14.7. The third-order valence-electron chi connectivity index (χ3n) is 5.33. The van der Waals surface area contributed by atoms with E-state index in [0.29, 0.717) is 11.1 Å². The number of sulfonamides is 1. The monoisotopic (exact) mass is 442 g/mol. The molecule has 1 aliphatic carbocycles. The van der Waals surface area contributed by atoms with E-state index in [2.05, 4.69) is 5.32 Å². The number of nitrogens with one attached hydrogen (secondary N) is 1. The Hall–Kier alpha value is -3.17. The average molecular weight is 443 g/mol. The number of carbonyl (C=O) groups is 2. The molecule has 0 bridgehead atoms. The number of primary sulfonamides is 1. The molecule has 2 aromatic carbocycles. The molecular formula is C22H26N4O4S. The lowest BCUT2D eigenvalue weighted by Gasteiger charge is -2.22. The van der Waals surface area contributed by atoms with Crippen molar-refractivity contribution in [1.29, 1.82) is 0 Å². The lowest BCUT2D eigenvalue weighted by Crippen LogP contribution is -2.35. The summed E-state index contributed by atoms with van der Waals surface area (Å²) < 4.78 is 24.6. The lowest BCUT2D eigenvalue weighted by atomic mass is 9.95. The number of hydrogen-bond donors (Lipinski definition) is 4. The Kier molecular flexibility index (Phi) is 6.77. The summed E-state index contributed by atoms with van der Waals surface area (Å²) in [4.78, 5) is 24.0. The molecule has 0 aliphatic heterocycles. The summed E-state index contributed by atoms with van der Waals surface area (Å²) in [5.41, 5.74) is 12.2. The molecule has 2 aromatic rings. The average Bonchev–Trinajstić information content (AvgIpc) is 2.72. The van der Waals surface area contributed by atoms with Crippen molar-refractivity contribution in [2.24, 2.45) is 10.9 Å². The molecule has 9 heteroatoms. The van der Waals surface area contributed by atoms with E-state index < -0.39 is 26.4 Å². The van der Waals surface area contributed by atoms with Crippen molar-refractivity contribution in [1.82, 2.24) is 5.32 Å². The van der Waals surface area contributed by atoms with Crippen LogP contribution in [-0.2, 0) is 14.8 Å². The van der Waals surface area contributed by atoms with Crippen molar-refractivity contribution < 1.29 is 18.0 Å². The molecule has 1 fully saturated rings. The maximum absolute atomic E-state index is 12.4. The fourth-order valence-corrected chi connectivity index (χ4v) is 4.84. The van der Waals surface area contributed by atoms with Gasteiger partial charge in [0.25, 0.3) is 5.91 Å². The van der Waals surface area contributed by atoms with Gasteiger partial charge in [-0.15, -0.1) is 0 Å². The van der Waals surface area contributed by atoms with Gasteiger partial charge in [0.1, 0.15) is 4.90 Å². The van der Waals surface area contributed by atoms with E-state index in [1.165, 1.54) is 18.2 Å². The zero-order valence-electron chi connectivity index (χ0n) is 17.0. The van der Waals surface area contributed by atoms with Crippen LogP contribution in [0.1, 0.15) is 48.0 Å². The number of amides is 2. The number of benzene rings is 2. The molecule has 1 aliphatic rings. The number of hydrogen-bond acceptors (Lipinski definition) is 5. The Morgan fingerprint density at radius 1 is 1.06 bits per heavy atom. The molecule has 0 atom stereocenters. The largest absolute Gasteiger partial charge is 0.398 e. The molecule has 0 aromatic heterocycles. The van der Waals surface area contributed by atoms with Crippen LogP contribution >= 0.6 is 0 Å². The van der Waals surface area contributed by atoms with Crippen LogP contribution in [0.3, 0.4) is 0 Å². The van der Waals surface area contributed by atoms with Gasteiger partial charge in [0.05, 0.1) is 11.3 Å². The maximum Gasteiger partial charge on any atom is 0.252 e. The predicted octanol–water partition coefficient (Wildman–Crippen LogP) is 2.14. The minimum absolute atomic E-state index is 0.0585. The Morgan fingerprint density at radius 2 is 1.71 bits per heavy atom. The minimum Gasteiger partial charge on any atom is -0.398 e. The van der Waals surface area contributed by atoms with Gasteiger partial charge in [-0.3, -0.25) is 9.59 Å². The number of carbonyl (C=O) groups excluding carboxylic acids is 2. The van der Waals surface area contributed by atoms with E-state index in [1.807, 2.05) is 6.07 Å². The van der Waals surface area contributed by atoms with Crippen molar-refractivity contribution in [2.75, 3.05) is 5.73 Å². The highest BCUT2D eigenvalue weighted by atomic mass is 32.2. The van der Waals surface area contributed by atoms with E-state index in [9.17, 15) is 18.0 Å². The Bertz CT molecular complexity index is 1120. The molecular weight excluding hydrogens is 416 g/mol. The lowest BCUT2D eigenvalue weighted by molar-refractivity contribution is -0.117. The zero-order chi connectivity index (χ0) is 22.6. The highest BCUT2D eigenvalue weighted by Gasteiger charge is 2.27. The highest BCUT2D eigenvalue weighted by molar-refractivity contribution is 7.89. The van der Waals surface area contributed by atoms with E-state index in [-0.39, 0.29) is 23.2 Å². The molecule has 31 heavy (non-hydrogen) atoms. The van der Waals surface area contributed by atoms with Gasteiger partial charge in [-0.25, -0.2) is 13.6 Å². The van der Waals surface area contributed by atoms with E-state index >= 15 is 0 Å². The Morgan fingerprint density at radius 3 is 2.29 bits per heavy atom. The minimum atomic E-state index is -4.37. The third kappa shape index (κ3) is 5.31. The van der Waals surface area contributed by atoms with Gasteiger partial charge in [-0.1, -0.05) is 49.6 Å². The second kappa shape index (κ2) is 9.32. The van der Waals surface area contributed by atoms with Gasteiger partial charge in [0.15, 0.2) is 0 Å². The molecule has 8 nitrogen and oxygen atoms in total. The summed E-state index contributed by atoms with van der Waals surface area (Å²) in [7, 11) is -4.37. The van der Waals surface area contributed by atoms with Crippen LogP contribution in [-0.4, -0.2) is 26.3 Å². The first kappa shape index (κ1) is 22.5. The van der Waals surface area contributed by atoms with Crippen LogP contribution in [0.5, 0.6) is 0 Å². The standard InChI is InChI=1S/C22H26N4O4S/c23-20-17(14-7-3-1-4-8-14)13-15(21(31(25,29)30)19(20)22(24)28)11-12-18(27)26-16-9-5-2-6-10-16/h1,3-4,7-8,11-13,16H,2,5-6,9-10,23H2,(H2,24,28)(H,26,27)(H2,25,29,30)/b12-11+. The summed E-state index contributed by atoms with van der Waals surface area (Å²) in [6.45, 7) is 0. The van der Waals surface area contributed by atoms with Crippen LogP contribution in [0.25, 0.3) is 17.2 Å². The predicted molar refractivity (Wildman–Crippen MR) is 120 cm³/mol. The van der Waals surface area contributed by atoms with Crippen LogP contribution in [0.2, 0.25) is 0 Å². The van der Waals surface area contributed by atoms with Gasteiger partial charge in [0, 0.05) is 17.7 Å². The Balaban J connectivity index is 2.09. The fourth-order valence-electron chi connectivity index (χ4n) is 3.89. The molecule has 0 unspecified atom stereocenters. The number of rotatable bonds is 6. The third-order valence-corrected chi connectivity index (χ3v) is 6.34. The van der Waals surface area contributed by atoms with Gasteiger partial charge in [-0.05, 0) is 36.1 Å². The summed E-state index contributed by atoms with van der Waals surface area (Å²) >= 11 is 0. The second-order valence-corrected chi connectivity index (χ2v) is 9.08. The summed E-state index contributed by atoms with van der Waals surface area (Å²) in [6, 6.07) is 10.5. The topological polar surface area (TPSA) is 158 Å². The van der Waals surface area contributed by atoms with E-state index in [1.54, 1.807) is 24.3 Å². The van der Waals surface area contributed by atoms with Crippen molar-refractivity contribution in [2.45, 2.75) is 43.0 Å². The first-order valence-corrected chi connectivity index (χ1v) is 11.6. The van der Waals surface area contributed by atoms with Crippen molar-refractivity contribution in [3.05, 3.63) is 53.6 Å². The van der Waals surface area contributed by atoms with Crippen LogP contribution < -0.4 is 21.9 Å². The van der Waals surface area contributed by atoms with Crippen molar-refractivity contribution in [3.8, 4) is 11.1 Å². The SMILES string of the molecule is NC(=O)c1c(N)c(-c2ccccc2)cc(/C=C/C(=O)NC2CCCCC2)c1S(N)(=O)=O. The molecule has 0 radical (unpaired) electrons. The van der Waals surface area contributed by atoms with E-state index in [4.69, 9.17) is 16.6 Å². The van der Waals surface area contributed by atoms with Crippen molar-refractivity contribution >= 4 is 33.6 Å². The van der Waals surface area contributed by atoms with Gasteiger partial charge in [-0.2, -0.15) is 0 Å². The van der Waals surface area contributed by atoms with Crippen molar-refractivity contribution in [3.63, 3.8) is 0 Å². The molecule has 7 N–H and O–H groups in total. The number of anilines is 1. The summed E-state index contributed by atoms with van der Waals surface area (Å²) in [6.07, 6.45) is 7.64. The Labute approximate surface area is 181 Å². The molecule has 1 saturated carbocycles.